The molecule has 24 heavy (non-hydrogen) atoms. The van der Waals surface area contributed by atoms with Crippen LogP contribution in [0, 0.1) is 0 Å². The van der Waals surface area contributed by atoms with Gasteiger partial charge in [0.1, 0.15) is 12.4 Å². The molecule has 1 aliphatic heterocycles. The number of ether oxygens (including phenoxy) is 3. The number of rotatable bonds is 6. The lowest BCUT2D eigenvalue weighted by molar-refractivity contribution is -0.0933. The zero-order chi connectivity index (χ0) is 16.8. The number of H-pyrrole nitrogens is 1. The second kappa shape index (κ2) is 7.94. The third-order valence-electron chi connectivity index (χ3n) is 3.70. The van der Waals surface area contributed by atoms with Crippen LogP contribution in [0.5, 0.6) is 5.75 Å². The van der Waals surface area contributed by atoms with Crippen molar-refractivity contribution >= 4 is 5.91 Å². The van der Waals surface area contributed by atoms with Crippen molar-refractivity contribution in [1.82, 2.24) is 15.1 Å². The molecule has 1 aliphatic rings. The van der Waals surface area contributed by atoms with Crippen molar-refractivity contribution in [3.63, 3.8) is 0 Å². The Morgan fingerprint density at radius 2 is 2.21 bits per heavy atom. The molecule has 1 aromatic carbocycles. The molecule has 0 spiro atoms. The van der Waals surface area contributed by atoms with E-state index in [2.05, 4.69) is 10.2 Å². The highest BCUT2D eigenvalue weighted by molar-refractivity contribution is 5.92. The van der Waals surface area contributed by atoms with Gasteiger partial charge < -0.3 is 19.1 Å². The van der Waals surface area contributed by atoms with Crippen molar-refractivity contribution < 1.29 is 19.0 Å². The zero-order valence-electron chi connectivity index (χ0n) is 13.6. The van der Waals surface area contributed by atoms with Crippen molar-refractivity contribution in [3.05, 3.63) is 47.8 Å². The largest absolute Gasteiger partial charge is 0.487 e. The molecule has 1 amide bonds. The van der Waals surface area contributed by atoms with Gasteiger partial charge in [-0.15, -0.1) is 0 Å². The molecule has 1 unspecified atom stereocenters. The first-order valence-corrected chi connectivity index (χ1v) is 7.89. The van der Waals surface area contributed by atoms with Gasteiger partial charge in [-0.25, -0.2) is 0 Å². The number of benzene rings is 1. The Hall–Kier alpha value is -2.38. The first kappa shape index (κ1) is 16.5. The van der Waals surface area contributed by atoms with Crippen LogP contribution in [0.1, 0.15) is 16.2 Å². The molecule has 0 bridgehead atoms. The third-order valence-corrected chi connectivity index (χ3v) is 3.70. The number of carbonyl (C=O) groups is 1. The standard InChI is InChI=1S/C17H21N3O4/c1-20(10-15-12-22-7-8-23-15)17(21)16-9-13(18-19-16)11-24-14-5-3-2-4-6-14/h2-6,9,15H,7-8,10-12H2,1H3,(H,18,19). The number of hydrogen-bond acceptors (Lipinski definition) is 5. The fraction of sp³-hybridized carbons (Fsp3) is 0.412. The number of nitrogens with zero attached hydrogens (tertiary/aromatic N) is 2. The fourth-order valence-electron chi connectivity index (χ4n) is 2.45. The molecule has 7 nitrogen and oxygen atoms in total. The molecule has 0 saturated carbocycles. The summed E-state index contributed by atoms with van der Waals surface area (Å²) in [4.78, 5) is 14.0. The minimum atomic E-state index is -0.161. The number of para-hydroxylation sites is 1. The summed E-state index contributed by atoms with van der Waals surface area (Å²) < 4.78 is 16.5. The molecule has 2 heterocycles. The van der Waals surface area contributed by atoms with Gasteiger partial charge in [0.05, 0.1) is 31.6 Å². The molecular weight excluding hydrogens is 310 g/mol. The number of nitrogens with one attached hydrogen (secondary N) is 1. The number of aromatic nitrogens is 2. The molecule has 3 rings (SSSR count). The topological polar surface area (TPSA) is 76.7 Å². The molecular formula is C17H21N3O4. The van der Waals surface area contributed by atoms with Crippen molar-refractivity contribution in [2.75, 3.05) is 33.4 Å². The van der Waals surface area contributed by atoms with E-state index in [1.54, 1.807) is 18.0 Å². The summed E-state index contributed by atoms with van der Waals surface area (Å²) in [6.07, 6.45) is -0.0903. The second-order valence-electron chi connectivity index (χ2n) is 5.63. The summed E-state index contributed by atoms with van der Waals surface area (Å²) >= 11 is 0. The van der Waals surface area contributed by atoms with E-state index in [-0.39, 0.29) is 12.0 Å². The second-order valence-corrected chi connectivity index (χ2v) is 5.63. The van der Waals surface area contributed by atoms with Crippen LogP contribution in [0.4, 0.5) is 0 Å². The van der Waals surface area contributed by atoms with Gasteiger partial charge in [-0.2, -0.15) is 5.10 Å². The number of hydrogen-bond donors (Lipinski definition) is 1. The molecule has 0 radical (unpaired) electrons. The highest BCUT2D eigenvalue weighted by Gasteiger charge is 2.21. The molecule has 0 aliphatic carbocycles. The minimum absolute atomic E-state index is 0.0903. The first-order valence-electron chi connectivity index (χ1n) is 7.89. The monoisotopic (exact) mass is 331 g/mol. The first-order chi connectivity index (χ1) is 11.7. The van der Waals surface area contributed by atoms with Gasteiger partial charge in [0.15, 0.2) is 5.69 Å². The molecule has 2 aromatic rings. The van der Waals surface area contributed by atoms with Crippen LogP contribution in [0.3, 0.4) is 0 Å². The van der Waals surface area contributed by atoms with Crippen LogP contribution < -0.4 is 4.74 Å². The quantitative estimate of drug-likeness (QED) is 0.867. The summed E-state index contributed by atoms with van der Waals surface area (Å²) in [5.41, 5.74) is 1.11. The smallest absolute Gasteiger partial charge is 0.274 e. The summed E-state index contributed by atoms with van der Waals surface area (Å²) in [5.74, 6) is 0.609. The Bertz CT molecular complexity index is 653. The summed E-state index contributed by atoms with van der Waals surface area (Å²) in [6, 6.07) is 11.2. The van der Waals surface area contributed by atoms with Gasteiger partial charge in [0.25, 0.3) is 5.91 Å². The van der Waals surface area contributed by atoms with E-state index in [9.17, 15) is 4.79 Å². The molecule has 1 atom stereocenters. The van der Waals surface area contributed by atoms with E-state index in [0.717, 1.165) is 11.4 Å². The van der Waals surface area contributed by atoms with Gasteiger partial charge in [-0.05, 0) is 18.2 Å². The maximum absolute atomic E-state index is 12.4. The number of carbonyl (C=O) groups excluding carboxylic acids is 1. The van der Waals surface area contributed by atoms with Gasteiger partial charge in [0.2, 0.25) is 0 Å². The molecule has 1 fully saturated rings. The van der Waals surface area contributed by atoms with Crippen molar-refractivity contribution in [2.45, 2.75) is 12.7 Å². The Kier molecular flexibility index (Phi) is 5.45. The average Bonchev–Trinajstić information content (AvgIpc) is 3.10. The van der Waals surface area contributed by atoms with E-state index in [0.29, 0.717) is 38.7 Å². The predicted octanol–water partition coefficient (Wildman–Crippen LogP) is 1.48. The van der Waals surface area contributed by atoms with Crippen LogP contribution in [0.25, 0.3) is 0 Å². The fourth-order valence-corrected chi connectivity index (χ4v) is 2.45. The lowest BCUT2D eigenvalue weighted by Gasteiger charge is -2.27. The average molecular weight is 331 g/mol. The lowest BCUT2D eigenvalue weighted by atomic mass is 10.3. The number of likely N-dealkylation sites (N-methyl/N-ethyl adjacent to an activating group) is 1. The minimum Gasteiger partial charge on any atom is -0.487 e. The number of aromatic amines is 1. The van der Waals surface area contributed by atoms with Gasteiger partial charge in [0, 0.05) is 13.6 Å². The number of amides is 1. The zero-order valence-corrected chi connectivity index (χ0v) is 13.6. The molecule has 1 aromatic heterocycles. The Balaban J connectivity index is 1.52. The van der Waals surface area contributed by atoms with Crippen LogP contribution >= 0.6 is 0 Å². The summed E-state index contributed by atoms with van der Waals surface area (Å²) in [7, 11) is 1.73. The van der Waals surface area contributed by atoms with Crippen LogP contribution in [0.2, 0.25) is 0 Å². The lowest BCUT2D eigenvalue weighted by Crippen LogP contribution is -2.40. The Morgan fingerprint density at radius 1 is 1.38 bits per heavy atom. The normalized spacial score (nSPS) is 17.5. The van der Waals surface area contributed by atoms with Crippen LogP contribution in [-0.2, 0) is 16.1 Å². The van der Waals surface area contributed by atoms with Crippen molar-refractivity contribution in [1.29, 1.82) is 0 Å². The predicted molar refractivity (Wildman–Crippen MR) is 86.9 cm³/mol. The van der Waals surface area contributed by atoms with E-state index in [1.807, 2.05) is 30.3 Å². The van der Waals surface area contributed by atoms with Gasteiger partial charge in [-0.3, -0.25) is 9.89 Å². The maximum atomic E-state index is 12.4. The van der Waals surface area contributed by atoms with Crippen LogP contribution in [0.15, 0.2) is 36.4 Å². The Labute approximate surface area is 140 Å². The Morgan fingerprint density at radius 3 is 2.96 bits per heavy atom. The maximum Gasteiger partial charge on any atom is 0.274 e. The molecule has 1 N–H and O–H groups in total. The van der Waals surface area contributed by atoms with E-state index in [1.165, 1.54) is 0 Å². The third kappa shape index (κ3) is 4.33. The van der Waals surface area contributed by atoms with Gasteiger partial charge >= 0.3 is 0 Å². The molecule has 128 valence electrons. The highest BCUT2D eigenvalue weighted by Crippen LogP contribution is 2.12. The van der Waals surface area contributed by atoms with Crippen molar-refractivity contribution in [3.8, 4) is 5.75 Å². The van der Waals surface area contributed by atoms with Crippen molar-refractivity contribution in [2.24, 2.45) is 0 Å². The van der Waals surface area contributed by atoms with E-state index in [4.69, 9.17) is 14.2 Å². The summed E-state index contributed by atoms with van der Waals surface area (Å²) in [6.45, 7) is 2.48. The molecule has 1 saturated heterocycles. The van der Waals surface area contributed by atoms with Gasteiger partial charge in [-0.1, -0.05) is 18.2 Å². The van der Waals surface area contributed by atoms with E-state index >= 15 is 0 Å². The van der Waals surface area contributed by atoms with Crippen LogP contribution in [-0.4, -0.2) is 60.5 Å². The molecule has 7 heteroatoms. The highest BCUT2D eigenvalue weighted by atomic mass is 16.6. The SMILES string of the molecule is CN(CC1COCCO1)C(=O)c1cc(COc2ccccc2)[nH]n1. The summed E-state index contributed by atoms with van der Waals surface area (Å²) in [5, 5.41) is 6.91. The van der Waals surface area contributed by atoms with E-state index < -0.39 is 0 Å².